The minimum absolute atomic E-state index is 0. The Hall–Kier alpha value is -2.80. The van der Waals surface area contributed by atoms with Gasteiger partial charge in [-0.2, -0.15) is 0 Å². The molecule has 4 rings (SSSR count). The van der Waals surface area contributed by atoms with E-state index < -0.39 is 0 Å². The number of benzene rings is 1. The lowest BCUT2D eigenvalue weighted by molar-refractivity contribution is 0.0714. The summed E-state index contributed by atoms with van der Waals surface area (Å²) in [7, 11) is 0. The number of hydrogen-bond acceptors (Lipinski definition) is 5. The summed E-state index contributed by atoms with van der Waals surface area (Å²) in [6.45, 7) is 5.45. The predicted molar refractivity (Wildman–Crippen MR) is 106 cm³/mol. The van der Waals surface area contributed by atoms with E-state index in [1.54, 1.807) is 35.4 Å². The Kier molecular flexibility index (Phi) is 5.51. The van der Waals surface area contributed by atoms with E-state index in [1.165, 1.54) is 6.07 Å². The smallest absolute Gasteiger partial charge is 0.289 e. The minimum Gasteiger partial charge on any atom is -0.451 e. The summed E-state index contributed by atoms with van der Waals surface area (Å²) in [5.41, 5.74) is 0.241. The summed E-state index contributed by atoms with van der Waals surface area (Å²) in [6.07, 6.45) is 3.75. The first-order valence-corrected chi connectivity index (χ1v) is 8.75. The molecule has 1 aliphatic heterocycles. The van der Waals surface area contributed by atoms with Crippen molar-refractivity contribution in [2.24, 2.45) is 0 Å². The Bertz CT molecular complexity index is 1010. The number of piperazine rings is 1. The number of aryl methyl sites for hydroxylation is 1. The number of halogens is 1. The maximum atomic E-state index is 12.8. The van der Waals surface area contributed by atoms with Gasteiger partial charge in [0.25, 0.3) is 5.91 Å². The quantitative estimate of drug-likeness (QED) is 0.689. The molecular formula is C19H21ClN4O3. The highest BCUT2D eigenvalue weighted by Gasteiger charge is 2.26. The lowest BCUT2D eigenvalue weighted by Crippen LogP contribution is -2.49. The topological polar surface area (TPSA) is 71.6 Å². The van der Waals surface area contributed by atoms with E-state index in [9.17, 15) is 9.59 Å². The van der Waals surface area contributed by atoms with E-state index in [4.69, 9.17) is 4.42 Å². The number of fused-ring (bicyclic) bond motifs is 1. The molecular weight excluding hydrogens is 368 g/mol. The molecule has 1 aliphatic rings. The lowest BCUT2D eigenvalue weighted by Gasteiger charge is -2.35. The number of amides is 1. The van der Waals surface area contributed by atoms with E-state index in [-0.39, 0.29) is 29.5 Å². The molecule has 0 spiro atoms. The zero-order valence-electron chi connectivity index (χ0n) is 15.0. The molecule has 0 N–H and O–H groups in total. The van der Waals surface area contributed by atoms with E-state index in [2.05, 4.69) is 21.4 Å². The van der Waals surface area contributed by atoms with Crippen LogP contribution in [-0.4, -0.2) is 46.5 Å². The van der Waals surface area contributed by atoms with Gasteiger partial charge in [-0.1, -0.05) is 12.1 Å². The molecule has 0 radical (unpaired) electrons. The van der Waals surface area contributed by atoms with Crippen LogP contribution in [0.5, 0.6) is 0 Å². The third-order valence-corrected chi connectivity index (χ3v) is 4.73. The molecule has 27 heavy (non-hydrogen) atoms. The van der Waals surface area contributed by atoms with Gasteiger partial charge < -0.3 is 18.8 Å². The van der Waals surface area contributed by atoms with Crippen LogP contribution in [0.3, 0.4) is 0 Å². The maximum absolute atomic E-state index is 12.8. The maximum Gasteiger partial charge on any atom is 0.289 e. The SMILES string of the molecule is CCn1ccnc1N1CCN(C(=O)c2cc(=O)c3ccccc3o2)CC1.Cl. The molecule has 0 saturated carbocycles. The molecule has 1 amide bonds. The van der Waals surface area contributed by atoms with Crippen LogP contribution in [0.4, 0.5) is 5.95 Å². The van der Waals surface area contributed by atoms with Gasteiger partial charge in [-0.25, -0.2) is 4.98 Å². The van der Waals surface area contributed by atoms with Gasteiger partial charge in [0, 0.05) is 51.2 Å². The van der Waals surface area contributed by atoms with Crippen molar-refractivity contribution >= 4 is 35.2 Å². The molecule has 0 unspecified atom stereocenters. The highest BCUT2D eigenvalue weighted by atomic mass is 35.5. The van der Waals surface area contributed by atoms with Gasteiger partial charge in [0.15, 0.2) is 11.2 Å². The second-order valence-electron chi connectivity index (χ2n) is 6.26. The van der Waals surface area contributed by atoms with Crippen molar-refractivity contribution < 1.29 is 9.21 Å². The molecule has 142 valence electrons. The van der Waals surface area contributed by atoms with Crippen molar-refractivity contribution in [3.63, 3.8) is 0 Å². The van der Waals surface area contributed by atoms with Crippen LogP contribution in [-0.2, 0) is 6.54 Å². The van der Waals surface area contributed by atoms with Crippen LogP contribution < -0.4 is 10.3 Å². The summed E-state index contributed by atoms with van der Waals surface area (Å²) in [5.74, 6) is 0.778. The monoisotopic (exact) mass is 388 g/mol. The Morgan fingerprint density at radius 1 is 1.19 bits per heavy atom. The fourth-order valence-corrected chi connectivity index (χ4v) is 3.31. The Labute approximate surface area is 162 Å². The molecule has 0 aliphatic carbocycles. The van der Waals surface area contributed by atoms with E-state index in [1.807, 2.05) is 6.20 Å². The number of imidazole rings is 1. The normalized spacial score (nSPS) is 14.3. The predicted octanol–water partition coefficient (Wildman–Crippen LogP) is 2.39. The van der Waals surface area contributed by atoms with Crippen LogP contribution in [0.2, 0.25) is 0 Å². The van der Waals surface area contributed by atoms with Crippen LogP contribution in [0.25, 0.3) is 11.0 Å². The van der Waals surface area contributed by atoms with Gasteiger partial charge in [0.05, 0.1) is 5.39 Å². The van der Waals surface area contributed by atoms with Gasteiger partial charge in [-0.3, -0.25) is 9.59 Å². The van der Waals surface area contributed by atoms with Crippen LogP contribution in [0.15, 0.2) is 51.9 Å². The average molecular weight is 389 g/mol. The lowest BCUT2D eigenvalue weighted by atomic mass is 10.2. The van der Waals surface area contributed by atoms with E-state index in [0.29, 0.717) is 37.1 Å². The summed E-state index contributed by atoms with van der Waals surface area (Å²) < 4.78 is 7.76. The van der Waals surface area contributed by atoms with Gasteiger partial charge in [-0.05, 0) is 19.1 Å². The summed E-state index contributed by atoms with van der Waals surface area (Å²) in [4.78, 5) is 33.3. The van der Waals surface area contributed by atoms with Crippen LogP contribution >= 0.6 is 12.4 Å². The number of aromatic nitrogens is 2. The zero-order valence-corrected chi connectivity index (χ0v) is 15.8. The number of para-hydroxylation sites is 1. The first kappa shape index (κ1) is 19.0. The molecule has 3 aromatic rings. The number of carbonyl (C=O) groups is 1. The number of rotatable bonds is 3. The van der Waals surface area contributed by atoms with Crippen LogP contribution in [0, 0.1) is 0 Å². The second kappa shape index (κ2) is 7.84. The zero-order chi connectivity index (χ0) is 18.1. The van der Waals surface area contributed by atoms with Gasteiger partial charge >= 0.3 is 0 Å². The summed E-state index contributed by atoms with van der Waals surface area (Å²) >= 11 is 0. The molecule has 1 saturated heterocycles. The van der Waals surface area contributed by atoms with Gasteiger partial charge in [0.1, 0.15) is 5.58 Å². The number of carbonyl (C=O) groups excluding carboxylic acids is 1. The third kappa shape index (κ3) is 3.55. The van der Waals surface area contributed by atoms with Crippen molar-refractivity contribution in [1.82, 2.24) is 14.5 Å². The molecule has 8 heteroatoms. The second-order valence-corrected chi connectivity index (χ2v) is 6.26. The molecule has 2 aromatic heterocycles. The fourth-order valence-electron chi connectivity index (χ4n) is 3.31. The molecule has 0 bridgehead atoms. The van der Waals surface area contributed by atoms with Crippen molar-refractivity contribution in [3.05, 3.63) is 58.7 Å². The number of nitrogens with zero attached hydrogens (tertiary/aromatic N) is 4. The van der Waals surface area contributed by atoms with Gasteiger partial charge in [-0.15, -0.1) is 12.4 Å². The summed E-state index contributed by atoms with van der Waals surface area (Å²) in [5, 5.41) is 0.486. The fraction of sp³-hybridized carbons (Fsp3) is 0.316. The summed E-state index contributed by atoms with van der Waals surface area (Å²) in [6, 6.07) is 8.26. The molecule has 3 heterocycles. The molecule has 0 atom stereocenters. The van der Waals surface area contributed by atoms with Crippen molar-refractivity contribution in [3.8, 4) is 0 Å². The molecule has 1 aromatic carbocycles. The highest BCUT2D eigenvalue weighted by Crippen LogP contribution is 2.17. The number of anilines is 1. The average Bonchev–Trinajstić information content (AvgIpc) is 3.16. The van der Waals surface area contributed by atoms with Crippen LogP contribution in [0.1, 0.15) is 17.5 Å². The van der Waals surface area contributed by atoms with E-state index >= 15 is 0 Å². The first-order valence-electron chi connectivity index (χ1n) is 8.75. The Morgan fingerprint density at radius 3 is 2.67 bits per heavy atom. The Morgan fingerprint density at radius 2 is 1.93 bits per heavy atom. The van der Waals surface area contributed by atoms with Gasteiger partial charge in [0.2, 0.25) is 5.95 Å². The standard InChI is InChI=1S/C19H20N4O3.ClH/c1-2-21-8-7-20-19(21)23-11-9-22(10-12-23)18(25)17-13-15(24)14-5-3-4-6-16(14)26-17;/h3-8,13H,2,9-12H2,1H3;1H. The molecule has 7 nitrogen and oxygen atoms in total. The van der Waals surface area contributed by atoms with Crippen molar-refractivity contribution in [1.29, 1.82) is 0 Å². The third-order valence-electron chi connectivity index (χ3n) is 4.73. The number of hydrogen-bond donors (Lipinski definition) is 0. The molecule has 1 fully saturated rings. The van der Waals surface area contributed by atoms with Crippen molar-refractivity contribution in [2.75, 3.05) is 31.1 Å². The largest absolute Gasteiger partial charge is 0.451 e. The Balaban J connectivity index is 0.00000210. The highest BCUT2D eigenvalue weighted by molar-refractivity contribution is 5.93. The first-order chi connectivity index (χ1) is 12.7. The van der Waals surface area contributed by atoms with Crippen molar-refractivity contribution in [2.45, 2.75) is 13.5 Å². The van der Waals surface area contributed by atoms with E-state index in [0.717, 1.165) is 12.5 Å². The minimum atomic E-state index is -0.244.